The number of aliphatic hydroxyl groups excluding tert-OH is 5. The number of aliphatic hydroxyl groups is 5. The van der Waals surface area contributed by atoms with E-state index in [0.29, 0.717) is 19.4 Å². The summed E-state index contributed by atoms with van der Waals surface area (Å²) < 4.78 is 22.4. The van der Waals surface area contributed by atoms with Gasteiger partial charge in [0, 0.05) is 12.5 Å². The lowest BCUT2D eigenvalue weighted by Gasteiger charge is -2.47. The summed E-state index contributed by atoms with van der Waals surface area (Å²) in [6.07, 6.45) is -7.82. The normalized spacial score (nSPS) is 52.1. The molecule has 6 rings (SSSR count). The Kier molecular flexibility index (Phi) is 6.30. The first-order valence-corrected chi connectivity index (χ1v) is 8.85. The van der Waals surface area contributed by atoms with Crippen molar-refractivity contribution in [2.75, 3.05) is 13.2 Å². The van der Waals surface area contributed by atoms with Crippen LogP contribution in [0.4, 0.5) is 0 Å². The molecule has 0 radical (unpaired) electrons. The van der Waals surface area contributed by atoms with E-state index in [4.69, 9.17) is 18.9 Å². The maximum Gasteiger partial charge on any atom is 0.186 e. The van der Waals surface area contributed by atoms with Crippen LogP contribution < -0.4 is 0 Å². The van der Waals surface area contributed by atoms with Gasteiger partial charge in [0.25, 0.3) is 0 Å². The van der Waals surface area contributed by atoms with Crippen LogP contribution in [0.5, 0.6) is 0 Å². The van der Waals surface area contributed by atoms with Crippen LogP contribution in [0.1, 0.15) is 26.2 Å². The van der Waals surface area contributed by atoms with Gasteiger partial charge >= 0.3 is 0 Å². The number of hydrogen-bond acceptors (Lipinski definition) is 9. The molecule has 6 aliphatic heterocycles. The van der Waals surface area contributed by atoms with Crippen LogP contribution in [0.15, 0.2) is 0 Å². The second-order valence-corrected chi connectivity index (χ2v) is 7.03. The predicted octanol–water partition coefficient (Wildman–Crippen LogP) is -1.91. The monoisotopic (exact) mass is 364 g/mol. The highest BCUT2D eigenvalue weighted by Gasteiger charge is 2.50. The zero-order chi connectivity index (χ0) is 18.1. The summed E-state index contributed by atoms with van der Waals surface area (Å²) in [6.45, 7) is 1.61. The Balaban J connectivity index is 1.85. The molecule has 6 heterocycles. The Labute approximate surface area is 146 Å². The van der Waals surface area contributed by atoms with Crippen LogP contribution in [0.3, 0.4) is 0 Å². The molecule has 0 amide bonds. The average molecular weight is 364 g/mol. The maximum atomic E-state index is 10.4. The third-order valence-corrected chi connectivity index (χ3v) is 5.34. The Hall–Kier alpha value is -0.360. The maximum absolute atomic E-state index is 10.4. The molecule has 10 atom stereocenters. The van der Waals surface area contributed by atoms with E-state index >= 15 is 0 Å². The van der Waals surface area contributed by atoms with E-state index in [2.05, 4.69) is 0 Å². The zero-order valence-electron chi connectivity index (χ0n) is 14.2. The minimum Gasteiger partial charge on any atom is -0.394 e. The van der Waals surface area contributed by atoms with Crippen LogP contribution in [-0.4, -0.2) is 94.1 Å². The van der Waals surface area contributed by atoms with E-state index < -0.39 is 55.8 Å². The van der Waals surface area contributed by atoms with E-state index in [-0.39, 0.29) is 12.0 Å². The van der Waals surface area contributed by atoms with Crippen molar-refractivity contribution < 1.29 is 44.5 Å². The van der Waals surface area contributed by atoms with Crippen molar-refractivity contribution in [1.82, 2.24) is 0 Å². The van der Waals surface area contributed by atoms with Crippen LogP contribution in [0.25, 0.3) is 0 Å². The fourth-order valence-corrected chi connectivity index (χ4v) is 3.80. The Bertz CT molecular complexity index is 434. The highest BCUT2D eigenvalue weighted by Crippen LogP contribution is 2.34. The zero-order valence-corrected chi connectivity index (χ0v) is 14.2. The molecule has 9 heteroatoms. The van der Waals surface area contributed by atoms with Gasteiger partial charge in [0.05, 0.1) is 18.8 Å². The van der Waals surface area contributed by atoms with Crippen molar-refractivity contribution in [2.45, 2.75) is 81.5 Å². The second-order valence-electron chi connectivity index (χ2n) is 7.03. The molecule has 0 aromatic heterocycles. The second kappa shape index (κ2) is 8.12. The van der Waals surface area contributed by atoms with Gasteiger partial charge in [-0.05, 0) is 19.8 Å². The summed E-state index contributed by atoms with van der Waals surface area (Å²) >= 11 is 0. The SMILES string of the molecule is CC1OC2OC3C(CO)OC(OCCCCC1C(O)C2O)C(O)C3O. The molecule has 0 aromatic carbocycles. The van der Waals surface area contributed by atoms with Crippen LogP contribution >= 0.6 is 0 Å². The lowest BCUT2D eigenvalue weighted by atomic mass is 9.85. The molecular weight excluding hydrogens is 336 g/mol. The molecule has 5 N–H and O–H groups in total. The molecule has 4 bridgehead atoms. The fraction of sp³-hybridized carbons (Fsp3) is 1.00. The van der Waals surface area contributed by atoms with Gasteiger partial charge in [-0.3, -0.25) is 0 Å². The highest BCUT2D eigenvalue weighted by molar-refractivity contribution is 4.93. The minimum atomic E-state index is -1.40. The highest BCUT2D eigenvalue weighted by atomic mass is 16.7. The predicted molar refractivity (Wildman–Crippen MR) is 82.3 cm³/mol. The molecule has 6 fully saturated rings. The summed E-state index contributed by atoms with van der Waals surface area (Å²) in [5.74, 6) is -0.240. The summed E-state index contributed by atoms with van der Waals surface area (Å²) in [7, 11) is 0. The van der Waals surface area contributed by atoms with E-state index in [1.165, 1.54) is 0 Å². The van der Waals surface area contributed by atoms with Crippen LogP contribution in [0.2, 0.25) is 0 Å². The van der Waals surface area contributed by atoms with E-state index in [0.717, 1.165) is 6.42 Å². The number of ether oxygens (including phenoxy) is 4. The molecule has 0 spiro atoms. The van der Waals surface area contributed by atoms with Gasteiger partial charge in [-0.2, -0.15) is 0 Å². The molecular formula is C16H28O9. The quantitative estimate of drug-likeness (QED) is 0.361. The summed E-state index contributed by atoms with van der Waals surface area (Å²) in [6, 6.07) is 0. The third-order valence-electron chi connectivity index (χ3n) is 5.34. The van der Waals surface area contributed by atoms with Gasteiger partial charge in [0.1, 0.15) is 30.5 Å². The van der Waals surface area contributed by atoms with Crippen molar-refractivity contribution in [3.63, 3.8) is 0 Å². The lowest BCUT2D eigenvalue weighted by Crippen LogP contribution is -2.63. The van der Waals surface area contributed by atoms with Gasteiger partial charge in [0.15, 0.2) is 12.6 Å². The van der Waals surface area contributed by atoms with Gasteiger partial charge in [-0.15, -0.1) is 0 Å². The Morgan fingerprint density at radius 1 is 0.840 bits per heavy atom. The van der Waals surface area contributed by atoms with E-state index in [1.807, 2.05) is 0 Å². The number of hydrogen-bond donors (Lipinski definition) is 5. The molecule has 10 unspecified atom stereocenters. The van der Waals surface area contributed by atoms with Gasteiger partial charge in [0.2, 0.25) is 0 Å². The molecule has 6 saturated heterocycles. The van der Waals surface area contributed by atoms with E-state index in [9.17, 15) is 25.5 Å². The number of rotatable bonds is 1. The summed E-state index contributed by atoms with van der Waals surface area (Å²) in [5.41, 5.74) is 0. The molecule has 0 saturated carbocycles. The topological polar surface area (TPSA) is 138 Å². The average Bonchev–Trinajstić information content (AvgIpc) is 2.59. The lowest BCUT2D eigenvalue weighted by molar-refractivity contribution is -0.355. The molecule has 6 aliphatic rings. The van der Waals surface area contributed by atoms with Gasteiger partial charge in [-0.25, -0.2) is 0 Å². The van der Waals surface area contributed by atoms with Crippen LogP contribution in [-0.2, 0) is 18.9 Å². The molecule has 9 nitrogen and oxygen atoms in total. The van der Waals surface area contributed by atoms with Gasteiger partial charge in [-0.1, -0.05) is 6.42 Å². The van der Waals surface area contributed by atoms with E-state index in [1.54, 1.807) is 6.92 Å². The standard InChI is InChI=1S/C16H28O9/c1-7-8-4-2-3-5-22-15-13(21)11(19)14(9(6-17)24-15)25-16(23-7)12(20)10(8)18/h7-21H,2-6H2,1H3. The molecule has 25 heavy (non-hydrogen) atoms. The Morgan fingerprint density at radius 3 is 2.28 bits per heavy atom. The first kappa shape index (κ1) is 19.4. The first-order valence-electron chi connectivity index (χ1n) is 8.85. The van der Waals surface area contributed by atoms with Crippen molar-refractivity contribution in [3.05, 3.63) is 0 Å². The molecule has 0 aromatic rings. The first-order chi connectivity index (χ1) is 11.9. The Morgan fingerprint density at radius 2 is 1.56 bits per heavy atom. The van der Waals surface area contributed by atoms with Crippen molar-refractivity contribution in [2.24, 2.45) is 5.92 Å². The smallest absolute Gasteiger partial charge is 0.186 e. The van der Waals surface area contributed by atoms with Crippen LogP contribution in [0, 0.1) is 5.92 Å². The summed E-state index contributed by atoms with van der Waals surface area (Å²) in [5, 5.41) is 50.9. The third kappa shape index (κ3) is 3.85. The van der Waals surface area contributed by atoms with Crippen molar-refractivity contribution in [1.29, 1.82) is 0 Å². The minimum absolute atomic E-state index is 0.240. The molecule has 0 aliphatic carbocycles. The van der Waals surface area contributed by atoms with Crippen molar-refractivity contribution in [3.8, 4) is 0 Å². The van der Waals surface area contributed by atoms with Gasteiger partial charge < -0.3 is 44.5 Å². The molecule has 146 valence electrons. The largest absolute Gasteiger partial charge is 0.394 e. The van der Waals surface area contributed by atoms with Crippen molar-refractivity contribution >= 4 is 0 Å². The fourth-order valence-electron chi connectivity index (χ4n) is 3.80. The summed E-state index contributed by atoms with van der Waals surface area (Å²) in [4.78, 5) is 0.